The third-order valence-electron chi connectivity index (χ3n) is 7.09. The molecule has 3 N–H and O–H groups in total. The Labute approximate surface area is 216 Å². The molecule has 3 aromatic heterocycles. The third kappa shape index (κ3) is 3.56. The average Bonchev–Trinajstić information content (AvgIpc) is 3.27. The maximum Gasteiger partial charge on any atom is 0.265 e. The highest BCUT2D eigenvalue weighted by molar-refractivity contribution is 6.20. The summed E-state index contributed by atoms with van der Waals surface area (Å²) in [5.41, 5.74) is 11.8. The molecule has 0 radical (unpaired) electrons. The molecule has 0 atom stereocenters. The maximum atomic E-state index is 13.7. The number of nitrogens with two attached hydrogens (primary N) is 1. The molecular weight excluding hydrogens is 481 g/mol. The van der Waals surface area contributed by atoms with Gasteiger partial charge in [0.1, 0.15) is 12.1 Å². The molecule has 7 nitrogen and oxygen atoms in total. The molecule has 0 bridgehead atoms. The fourth-order valence-corrected chi connectivity index (χ4v) is 5.11. The molecule has 6 aromatic rings. The molecule has 6 rings (SSSR count). The van der Waals surface area contributed by atoms with Crippen LogP contribution < -0.4 is 11.3 Å². The van der Waals surface area contributed by atoms with Crippen LogP contribution >= 0.6 is 0 Å². The number of nitrogens with zero attached hydrogens (tertiary/aromatic N) is 3. The number of benzene rings is 3. The van der Waals surface area contributed by atoms with Crippen molar-refractivity contribution in [2.24, 2.45) is 5.73 Å². The van der Waals surface area contributed by atoms with Gasteiger partial charge in [-0.05, 0) is 59.9 Å². The number of rotatable bonds is 4. The summed E-state index contributed by atoms with van der Waals surface area (Å²) in [6, 6.07) is 15.3. The van der Waals surface area contributed by atoms with Gasteiger partial charge in [0.15, 0.2) is 0 Å². The van der Waals surface area contributed by atoms with E-state index in [4.69, 9.17) is 5.73 Å². The van der Waals surface area contributed by atoms with E-state index in [-0.39, 0.29) is 11.5 Å². The first-order valence-corrected chi connectivity index (χ1v) is 12.3. The number of amides is 1. The quantitative estimate of drug-likeness (QED) is 0.318. The van der Waals surface area contributed by atoms with Crippen LogP contribution in [0.5, 0.6) is 0 Å². The lowest BCUT2D eigenvalue weighted by molar-refractivity contribution is 0.100. The summed E-state index contributed by atoms with van der Waals surface area (Å²) in [7, 11) is 0. The minimum absolute atomic E-state index is 0.220. The summed E-state index contributed by atoms with van der Waals surface area (Å²) in [6.07, 6.45) is 3.21. The van der Waals surface area contributed by atoms with Gasteiger partial charge in [0.2, 0.25) is 0 Å². The Kier molecular flexibility index (Phi) is 5.34. The topological polar surface area (TPSA) is 107 Å². The summed E-state index contributed by atoms with van der Waals surface area (Å²) in [4.78, 5) is 37.9. The fourth-order valence-electron chi connectivity index (χ4n) is 5.11. The Bertz CT molecular complexity index is 1990. The zero-order chi connectivity index (χ0) is 26.7. The molecule has 0 saturated carbocycles. The first-order valence-electron chi connectivity index (χ1n) is 12.3. The van der Waals surface area contributed by atoms with Crippen molar-refractivity contribution in [3.05, 3.63) is 100 Å². The Hall–Kier alpha value is -4.85. The van der Waals surface area contributed by atoms with E-state index in [0.717, 1.165) is 38.7 Å². The van der Waals surface area contributed by atoms with Crippen molar-refractivity contribution in [3.8, 4) is 16.8 Å². The number of hydrogen-bond acceptors (Lipinski definition) is 4. The second-order valence-electron chi connectivity index (χ2n) is 9.74. The van der Waals surface area contributed by atoms with E-state index in [9.17, 15) is 14.0 Å². The van der Waals surface area contributed by atoms with Gasteiger partial charge in [-0.2, -0.15) is 0 Å². The van der Waals surface area contributed by atoms with Gasteiger partial charge in [-0.25, -0.2) is 9.37 Å². The van der Waals surface area contributed by atoms with Crippen LogP contribution in [0.1, 0.15) is 41.4 Å². The first kappa shape index (κ1) is 23.5. The lowest BCUT2D eigenvalue weighted by Crippen LogP contribution is -2.19. The minimum Gasteiger partial charge on any atom is -0.366 e. The minimum atomic E-state index is -0.527. The standard InChI is InChI=1S/C30H24FN5O2/c1-15(2)23-12-22-25(13-33-23)35-28-21(29(32)37)10-9-19(27(22)28)18-5-4-6-26(16(18)3)36-14-34-24-11-17(31)7-8-20(24)30(36)38/h4-15,35H,1-3H3,(H2,32,37). The number of aromatic nitrogens is 4. The van der Waals surface area contributed by atoms with E-state index in [1.807, 2.05) is 37.3 Å². The van der Waals surface area contributed by atoms with Crippen molar-refractivity contribution in [3.63, 3.8) is 0 Å². The van der Waals surface area contributed by atoms with Crippen molar-refractivity contribution in [2.45, 2.75) is 26.7 Å². The predicted molar refractivity (Wildman–Crippen MR) is 147 cm³/mol. The second kappa shape index (κ2) is 8.62. The molecule has 3 heterocycles. The van der Waals surface area contributed by atoms with Crippen LogP contribution in [0.25, 0.3) is 49.5 Å². The van der Waals surface area contributed by atoms with Crippen LogP contribution in [0, 0.1) is 12.7 Å². The van der Waals surface area contributed by atoms with Gasteiger partial charge in [-0.1, -0.05) is 32.0 Å². The number of nitrogens with one attached hydrogen (secondary N) is 1. The number of carbonyl (C=O) groups is 1. The van der Waals surface area contributed by atoms with E-state index in [1.54, 1.807) is 12.3 Å². The van der Waals surface area contributed by atoms with Crippen molar-refractivity contribution in [1.82, 2.24) is 19.5 Å². The molecule has 188 valence electrons. The van der Waals surface area contributed by atoms with E-state index in [1.165, 1.54) is 29.1 Å². The molecule has 0 unspecified atom stereocenters. The van der Waals surface area contributed by atoms with Crippen LogP contribution in [0.4, 0.5) is 4.39 Å². The van der Waals surface area contributed by atoms with Gasteiger partial charge in [0.25, 0.3) is 11.5 Å². The molecule has 0 fully saturated rings. The zero-order valence-corrected chi connectivity index (χ0v) is 21.0. The number of pyridine rings is 1. The number of halogens is 1. The number of carbonyl (C=O) groups excluding carboxylic acids is 1. The van der Waals surface area contributed by atoms with Gasteiger partial charge < -0.3 is 10.7 Å². The molecule has 38 heavy (non-hydrogen) atoms. The summed E-state index contributed by atoms with van der Waals surface area (Å²) in [5, 5.41) is 2.13. The Morgan fingerprint density at radius 3 is 2.61 bits per heavy atom. The van der Waals surface area contributed by atoms with Crippen molar-refractivity contribution >= 4 is 38.6 Å². The molecule has 8 heteroatoms. The van der Waals surface area contributed by atoms with Crippen molar-refractivity contribution in [2.75, 3.05) is 0 Å². The smallest absolute Gasteiger partial charge is 0.265 e. The van der Waals surface area contributed by atoms with E-state index >= 15 is 0 Å². The molecule has 0 spiro atoms. The van der Waals surface area contributed by atoms with E-state index < -0.39 is 11.7 Å². The Morgan fingerprint density at radius 2 is 1.84 bits per heavy atom. The summed E-state index contributed by atoms with van der Waals surface area (Å²) in [6.45, 7) is 6.10. The van der Waals surface area contributed by atoms with Crippen LogP contribution in [0.3, 0.4) is 0 Å². The highest BCUT2D eigenvalue weighted by Gasteiger charge is 2.20. The number of hydrogen-bond donors (Lipinski definition) is 2. The molecular formula is C30H24FN5O2. The van der Waals surface area contributed by atoms with Gasteiger partial charge in [0.05, 0.1) is 39.4 Å². The van der Waals surface area contributed by atoms with Crippen LogP contribution in [-0.4, -0.2) is 25.4 Å². The average molecular weight is 506 g/mol. The Balaban J connectivity index is 1.64. The Morgan fingerprint density at radius 1 is 1.03 bits per heavy atom. The van der Waals surface area contributed by atoms with Gasteiger partial charge in [-0.3, -0.25) is 19.1 Å². The monoisotopic (exact) mass is 505 g/mol. The molecule has 0 aliphatic rings. The number of primary amides is 1. The number of H-pyrrole nitrogens is 1. The molecule has 0 aliphatic heterocycles. The highest BCUT2D eigenvalue weighted by Crippen LogP contribution is 2.39. The summed E-state index contributed by atoms with van der Waals surface area (Å²) < 4.78 is 15.1. The first-order chi connectivity index (χ1) is 18.2. The van der Waals surface area contributed by atoms with Crippen LogP contribution in [0.15, 0.2) is 71.9 Å². The second-order valence-corrected chi connectivity index (χ2v) is 9.74. The van der Waals surface area contributed by atoms with Crippen LogP contribution in [-0.2, 0) is 0 Å². The highest BCUT2D eigenvalue weighted by atomic mass is 19.1. The number of aromatic amines is 1. The van der Waals surface area contributed by atoms with Crippen molar-refractivity contribution < 1.29 is 9.18 Å². The fraction of sp³-hybridized carbons (Fsp3) is 0.133. The van der Waals surface area contributed by atoms with E-state index in [2.05, 4.69) is 28.8 Å². The molecule has 1 amide bonds. The van der Waals surface area contributed by atoms with Gasteiger partial charge >= 0.3 is 0 Å². The lowest BCUT2D eigenvalue weighted by atomic mass is 9.93. The van der Waals surface area contributed by atoms with E-state index in [0.29, 0.717) is 27.7 Å². The molecule has 0 aliphatic carbocycles. The summed E-state index contributed by atoms with van der Waals surface area (Å²) >= 11 is 0. The van der Waals surface area contributed by atoms with Gasteiger partial charge in [0, 0.05) is 22.5 Å². The third-order valence-corrected chi connectivity index (χ3v) is 7.09. The largest absolute Gasteiger partial charge is 0.366 e. The van der Waals surface area contributed by atoms with Gasteiger partial charge in [-0.15, -0.1) is 0 Å². The molecule has 3 aromatic carbocycles. The van der Waals surface area contributed by atoms with Crippen LogP contribution in [0.2, 0.25) is 0 Å². The zero-order valence-electron chi connectivity index (χ0n) is 21.0. The maximum absolute atomic E-state index is 13.7. The number of fused-ring (bicyclic) bond motifs is 4. The van der Waals surface area contributed by atoms with Crippen molar-refractivity contribution in [1.29, 1.82) is 0 Å². The predicted octanol–water partition coefficient (Wildman–Crippen LogP) is 5.75. The lowest BCUT2D eigenvalue weighted by Gasteiger charge is -2.15. The summed E-state index contributed by atoms with van der Waals surface area (Å²) in [5.74, 6) is -0.753. The SMILES string of the molecule is Cc1c(-c2ccc(C(N)=O)c3[nH]c4cnc(C(C)C)cc4c23)cccc1-n1cnc2cc(F)ccc2c1=O. The normalized spacial score (nSPS) is 11.7. The molecule has 0 saturated heterocycles.